The Morgan fingerprint density at radius 2 is 1.41 bits per heavy atom. The van der Waals surface area contributed by atoms with Gasteiger partial charge in [-0.15, -0.1) is 0 Å². The summed E-state index contributed by atoms with van der Waals surface area (Å²) in [7, 11) is 0. The smallest absolute Gasteiger partial charge is 0.290 e. The van der Waals surface area contributed by atoms with Gasteiger partial charge < -0.3 is 10.0 Å². The minimum Gasteiger partial charge on any atom is -0.503 e. The molecule has 29 heavy (non-hydrogen) atoms. The molecule has 0 saturated heterocycles. The topological polar surface area (TPSA) is 40.5 Å². The molecule has 0 spiro atoms. The van der Waals surface area contributed by atoms with E-state index >= 15 is 0 Å². The molecule has 1 heterocycles. The highest BCUT2D eigenvalue weighted by atomic mass is 19.1. The van der Waals surface area contributed by atoms with E-state index in [1.807, 2.05) is 31.2 Å². The van der Waals surface area contributed by atoms with Crippen LogP contribution in [0.1, 0.15) is 28.3 Å². The summed E-state index contributed by atoms with van der Waals surface area (Å²) in [6, 6.07) is 18.7. The quantitative estimate of drug-likeness (QED) is 0.653. The minimum atomic E-state index is -0.587. The highest BCUT2D eigenvalue weighted by Crippen LogP contribution is 2.43. The zero-order valence-electron chi connectivity index (χ0n) is 15.8. The van der Waals surface area contributed by atoms with Gasteiger partial charge in [0.2, 0.25) is 0 Å². The molecule has 1 atom stereocenters. The third kappa shape index (κ3) is 3.63. The van der Waals surface area contributed by atoms with Crippen LogP contribution in [-0.2, 0) is 11.3 Å². The molecule has 4 rings (SSSR count). The highest BCUT2D eigenvalue weighted by molar-refractivity contribution is 6.05. The molecule has 3 aromatic carbocycles. The number of aliphatic hydroxyl groups is 1. The molecule has 0 radical (unpaired) electrons. The Labute approximate surface area is 167 Å². The van der Waals surface area contributed by atoms with Crippen molar-refractivity contribution in [2.45, 2.75) is 19.5 Å². The van der Waals surface area contributed by atoms with E-state index in [1.54, 1.807) is 24.3 Å². The van der Waals surface area contributed by atoms with Crippen LogP contribution < -0.4 is 0 Å². The number of amides is 1. The van der Waals surface area contributed by atoms with Gasteiger partial charge >= 0.3 is 0 Å². The number of carbonyl (C=O) groups is 1. The Kier molecular flexibility index (Phi) is 4.89. The fourth-order valence-electron chi connectivity index (χ4n) is 3.62. The van der Waals surface area contributed by atoms with E-state index in [-0.39, 0.29) is 23.9 Å². The molecule has 1 amide bonds. The molecule has 0 aliphatic carbocycles. The van der Waals surface area contributed by atoms with Crippen LogP contribution in [0.25, 0.3) is 5.57 Å². The monoisotopic (exact) mass is 391 g/mol. The summed E-state index contributed by atoms with van der Waals surface area (Å²) >= 11 is 0. The summed E-state index contributed by atoms with van der Waals surface area (Å²) in [5, 5.41) is 10.7. The Bertz CT molecular complexity index is 1070. The van der Waals surface area contributed by atoms with Crippen LogP contribution in [0.3, 0.4) is 0 Å². The van der Waals surface area contributed by atoms with E-state index in [0.29, 0.717) is 11.1 Å². The van der Waals surface area contributed by atoms with Crippen LogP contribution in [0, 0.1) is 18.6 Å². The van der Waals surface area contributed by atoms with Crippen LogP contribution in [0.4, 0.5) is 8.78 Å². The maximum Gasteiger partial charge on any atom is 0.290 e. The van der Waals surface area contributed by atoms with E-state index in [1.165, 1.54) is 29.2 Å². The van der Waals surface area contributed by atoms with Crippen molar-refractivity contribution in [3.05, 3.63) is 112 Å². The second kappa shape index (κ2) is 7.51. The molecule has 0 fully saturated rings. The third-order valence-electron chi connectivity index (χ3n) is 5.12. The zero-order chi connectivity index (χ0) is 20.5. The van der Waals surface area contributed by atoms with Crippen molar-refractivity contribution in [2.75, 3.05) is 0 Å². The molecule has 146 valence electrons. The fraction of sp³-hybridized carbons (Fsp3) is 0.125. The van der Waals surface area contributed by atoms with Crippen molar-refractivity contribution in [3.8, 4) is 0 Å². The lowest BCUT2D eigenvalue weighted by Crippen LogP contribution is -2.29. The first-order valence-electron chi connectivity index (χ1n) is 9.25. The van der Waals surface area contributed by atoms with E-state index in [2.05, 4.69) is 0 Å². The standard InChI is InChI=1S/C24H19F2NO2/c1-15-2-6-17(7-3-15)21-22(18-8-12-20(26)13-9-18)27(24(29)23(21)28)14-16-4-10-19(25)11-5-16/h2-13,22,28H,14H2,1H3/t22-/m0/s1. The van der Waals surface area contributed by atoms with Crippen molar-refractivity contribution >= 4 is 11.5 Å². The van der Waals surface area contributed by atoms with Crippen LogP contribution in [0.5, 0.6) is 0 Å². The number of hydrogen-bond acceptors (Lipinski definition) is 2. The van der Waals surface area contributed by atoms with Gasteiger partial charge in [0, 0.05) is 12.1 Å². The van der Waals surface area contributed by atoms with Gasteiger partial charge in [-0.3, -0.25) is 4.79 Å². The Hall–Kier alpha value is -3.47. The Morgan fingerprint density at radius 3 is 2.00 bits per heavy atom. The summed E-state index contributed by atoms with van der Waals surface area (Å²) in [5.41, 5.74) is 3.66. The molecule has 0 unspecified atom stereocenters. The van der Waals surface area contributed by atoms with Crippen LogP contribution >= 0.6 is 0 Å². The molecule has 0 saturated carbocycles. The van der Waals surface area contributed by atoms with Gasteiger partial charge in [-0.1, -0.05) is 54.1 Å². The summed E-state index contributed by atoms with van der Waals surface area (Å²) < 4.78 is 26.8. The summed E-state index contributed by atoms with van der Waals surface area (Å²) in [4.78, 5) is 14.5. The number of carbonyl (C=O) groups excluding carboxylic acids is 1. The van der Waals surface area contributed by atoms with Crippen LogP contribution in [-0.4, -0.2) is 15.9 Å². The number of aryl methyl sites for hydroxylation is 1. The van der Waals surface area contributed by atoms with Crippen LogP contribution in [0.15, 0.2) is 78.6 Å². The highest BCUT2D eigenvalue weighted by Gasteiger charge is 2.40. The first kappa shape index (κ1) is 18.9. The third-order valence-corrected chi connectivity index (χ3v) is 5.12. The fourth-order valence-corrected chi connectivity index (χ4v) is 3.62. The largest absolute Gasteiger partial charge is 0.503 e. The van der Waals surface area contributed by atoms with Gasteiger partial charge in [-0.2, -0.15) is 0 Å². The number of nitrogens with zero attached hydrogens (tertiary/aromatic N) is 1. The molecule has 0 aromatic heterocycles. The Balaban J connectivity index is 1.80. The number of benzene rings is 3. The number of halogens is 2. The molecule has 1 aliphatic rings. The van der Waals surface area contributed by atoms with Crippen molar-refractivity contribution in [3.63, 3.8) is 0 Å². The number of hydrogen-bond donors (Lipinski definition) is 1. The summed E-state index contributed by atoms with van der Waals surface area (Å²) in [6.07, 6.45) is 0. The average Bonchev–Trinajstić information content (AvgIpc) is 2.96. The summed E-state index contributed by atoms with van der Waals surface area (Å²) in [6.45, 7) is 2.14. The molecular weight excluding hydrogens is 372 g/mol. The van der Waals surface area contributed by atoms with E-state index in [9.17, 15) is 18.7 Å². The molecule has 3 nitrogen and oxygen atoms in total. The normalized spacial score (nSPS) is 16.6. The SMILES string of the molecule is Cc1ccc(C2=C(O)C(=O)N(Cc3ccc(F)cc3)[C@H]2c2ccc(F)cc2)cc1. The lowest BCUT2D eigenvalue weighted by Gasteiger charge is -2.27. The van der Waals surface area contributed by atoms with E-state index < -0.39 is 11.9 Å². The second-order valence-electron chi connectivity index (χ2n) is 7.14. The van der Waals surface area contributed by atoms with Gasteiger partial charge in [0.05, 0.1) is 6.04 Å². The van der Waals surface area contributed by atoms with Crippen molar-refractivity contribution in [1.82, 2.24) is 4.90 Å². The first-order valence-corrected chi connectivity index (χ1v) is 9.25. The van der Waals surface area contributed by atoms with Gasteiger partial charge in [0.1, 0.15) is 11.6 Å². The number of aliphatic hydroxyl groups excluding tert-OH is 1. The molecule has 5 heteroatoms. The van der Waals surface area contributed by atoms with Crippen molar-refractivity contribution in [1.29, 1.82) is 0 Å². The first-order chi connectivity index (χ1) is 13.9. The van der Waals surface area contributed by atoms with E-state index in [4.69, 9.17) is 0 Å². The van der Waals surface area contributed by atoms with Gasteiger partial charge in [0.25, 0.3) is 5.91 Å². The minimum absolute atomic E-state index is 0.181. The molecule has 0 bridgehead atoms. The molecule has 1 aliphatic heterocycles. The lowest BCUT2D eigenvalue weighted by molar-refractivity contribution is -0.130. The van der Waals surface area contributed by atoms with Gasteiger partial charge in [-0.25, -0.2) is 8.78 Å². The van der Waals surface area contributed by atoms with Gasteiger partial charge in [0.15, 0.2) is 5.76 Å². The molecule has 3 aromatic rings. The second-order valence-corrected chi connectivity index (χ2v) is 7.14. The average molecular weight is 391 g/mol. The van der Waals surface area contributed by atoms with Crippen LogP contribution in [0.2, 0.25) is 0 Å². The zero-order valence-corrected chi connectivity index (χ0v) is 15.8. The van der Waals surface area contributed by atoms with Gasteiger partial charge in [-0.05, 0) is 47.9 Å². The lowest BCUT2D eigenvalue weighted by atomic mass is 9.93. The predicted octanol–water partition coefficient (Wildman–Crippen LogP) is 5.33. The maximum absolute atomic E-state index is 13.5. The van der Waals surface area contributed by atoms with E-state index in [0.717, 1.165) is 16.7 Å². The molecular formula is C24H19F2NO2. The number of rotatable bonds is 4. The maximum atomic E-state index is 13.5. The Morgan fingerprint density at radius 1 is 0.862 bits per heavy atom. The van der Waals surface area contributed by atoms with Crippen molar-refractivity contribution in [2.24, 2.45) is 0 Å². The van der Waals surface area contributed by atoms with Crippen molar-refractivity contribution < 1.29 is 18.7 Å². The molecule has 1 N–H and O–H groups in total. The predicted molar refractivity (Wildman–Crippen MR) is 107 cm³/mol. The summed E-state index contributed by atoms with van der Waals surface area (Å²) in [5.74, 6) is -1.59.